The second-order valence-electron chi connectivity index (χ2n) is 8.10. The Morgan fingerprint density at radius 3 is 2.65 bits per heavy atom. The maximum absolute atomic E-state index is 12.7. The molecule has 1 N–H and O–H groups in total. The van der Waals surface area contributed by atoms with E-state index in [-0.39, 0.29) is 11.8 Å². The zero-order chi connectivity index (χ0) is 23.9. The van der Waals surface area contributed by atoms with E-state index < -0.39 is 0 Å². The van der Waals surface area contributed by atoms with Gasteiger partial charge in [0.15, 0.2) is 0 Å². The maximum atomic E-state index is 12.7. The number of thioether (sulfide) groups is 1. The third kappa shape index (κ3) is 5.62. The highest BCUT2D eigenvalue weighted by molar-refractivity contribution is 8.00. The third-order valence-corrected chi connectivity index (χ3v) is 6.68. The lowest BCUT2D eigenvalue weighted by atomic mass is 10.1. The molecule has 0 saturated heterocycles. The number of ether oxygens (including phenoxy) is 1. The first kappa shape index (κ1) is 23.9. The van der Waals surface area contributed by atoms with Crippen LogP contribution in [0, 0.1) is 6.92 Å². The number of carbonyl (C=O) groups is 2. The number of nitrogens with one attached hydrogen (secondary N) is 1. The van der Waals surface area contributed by atoms with E-state index >= 15 is 0 Å². The van der Waals surface area contributed by atoms with E-state index in [9.17, 15) is 9.59 Å². The highest BCUT2D eigenvalue weighted by atomic mass is 32.2. The van der Waals surface area contributed by atoms with Gasteiger partial charge in [0.1, 0.15) is 10.8 Å². The Labute approximate surface area is 204 Å². The normalized spacial score (nSPS) is 13.0. The Bertz CT molecular complexity index is 1130. The van der Waals surface area contributed by atoms with E-state index in [0.29, 0.717) is 38.3 Å². The predicted octanol–water partition coefficient (Wildman–Crippen LogP) is 4.16. The molecule has 2 aromatic carbocycles. The predicted molar refractivity (Wildman–Crippen MR) is 135 cm³/mol. The second-order valence-corrected chi connectivity index (χ2v) is 9.07. The molecule has 0 spiro atoms. The zero-order valence-corrected chi connectivity index (χ0v) is 20.4. The van der Waals surface area contributed by atoms with E-state index in [0.717, 1.165) is 39.8 Å². The van der Waals surface area contributed by atoms with Gasteiger partial charge in [-0.3, -0.25) is 9.59 Å². The van der Waals surface area contributed by atoms with Crippen molar-refractivity contribution in [1.29, 1.82) is 0 Å². The minimum atomic E-state index is 0.00157. The number of hydrogen-bond acceptors (Lipinski definition) is 5. The summed E-state index contributed by atoms with van der Waals surface area (Å²) in [6, 6.07) is 17.9. The molecule has 4 rings (SSSR count). The summed E-state index contributed by atoms with van der Waals surface area (Å²) in [7, 11) is 0. The lowest BCUT2D eigenvalue weighted by Gasteiger charge is -2.27. The average Bonchev–Trinajstić information content (AvgIpc) is 3.19. The molecular weight excluding hydrogens is 448 g/mol. The van der Waals surface area contributed by atoms with Gasteiger partial charge in [0.05, 0.1) is 29.4 Å². The number of para-hydroxylation sites is 1. The first-order valence-electron chi connectivity index (χ1n) is 11.6. The summed E-state index contributed by atoms with van der Waals surface area (Å²) < 4.78 is 7.36. The van der Waals surface area contributed by atoms with Gasteiger partial charge in [-0.2, -0.15) is 5.10 Å². The molecule has 0 fully saturated rings. The quantitative estimate of drug-likeness (QED) is 0.474. The molecule has 3 aromatic rings. The van der Waals surface area contributed by atoms with E-state index in [1.165, 1.54) is 11.8 Å². The van der Waals surface area contributed by atoms with E-state index in [1.807, 2.05) is 73.1 Å². The Morgan fingerprint density at radius 1 is 1.15 bits per heavy atom. The van der Waals surface area contributed by atoms with Crippen molar-refractivity contribution >= 4 is 29.3 Å². The fraction of sp³-hybridized carbons (Fsp3) is 0.346. The maximum Gasteiger partial charge on any atom is 0.237 e. The van der Waals surface area contributed by atoms with Gasteiger partial charge in [0, 0.05) is 19.5 Å². The summed E-state index contributed by atoms with van der Waals surface area (Å²) in [5.41, 5.74) is 3.80. The van der Waals surface area contributed by atoms with E-state index in [2.05, 4.69) is 5.32 Å². The summed E-state index contributed by atoms with van der Waals surface area (Å²) in [5, 5.41) is 8.65. The molecule has 178 valence electrons. The van der Waals surface area contributed by atoms with Crippen LogP contribution in [0.15, 0.2) is 59.6 Å². The summed E-state index contributed by atoms with van der Waals surface area (Å²) in [6.45, 7) is 5.62. The Morgan fingerprint density at radius 2 is 1.91 bits per heavy atom. The van der Waals surface area contributed by atoms with Crippen molar-refractivity contribution in [2.45, 2.75) is 38.1 Å². The first-order valence-corrected chi connectivity index (χ1v) is 12.6. The SMILES string of the molecule is CCOc1ccc(CCNC(=O)CCCN2C(=O)CSc3c2c(C)nn3-c2ccccc2)cc1. The highest BCUT2D eigenvalue weighted by Crippen LogP contribution is 2.39. The molecule has 2 heterocycles. The van der Waals surface area contributed by atoms with Crippen LogP contribution < -0.4 is 15.0 Å². The number of carbonyl (C=O) groups excluding carboxylic acids is 2. The molecule has 0 atom stereocenters. The van der Waals surface area contributed by atoms with Crippen molar-refractivity contribution in [3.8, 4) is 11.4 Å². The van der Waals surface area contributed by atoms with Gasteiger partial charge < -0.3 is 15.0 Å². The van der Waals surface area contributed by atoms with Gasteiger partial charge in [-0.05, 0) is 56.5 Å². The smallest absolute Gasteiger partial charge is 0.237 e. The van der Waals surface area contributed by atoms with Gasteiger partial charge in [-0.25, -0.2) is 4.68 Å². The molecule has 34 heavy (non-hydrogen) atoms. The van der Waals surface area contributed by atoms with Crippen LogP contribution in [0.1, 0.15) is 31.0 Å². The summed E-state index contributed by atoms with van der Waals surface area (Å²) in [6.07, 6.45) is 1.74. The van der Waals surface area contributed by atoms with Gasteiger partial charge >= 0.3 is 0 Å². The second kappa shape index (κ2) is 11.2. The van der Waals surface area contributed by atoms with Crippen LogP contribution in [0.4, 0.5) is 5.69 Å². The Balaban J connectivity index is 1.29. The van der Waals surface area contributed by atoms with Crippen molar-refractivity contribution in [2.75, 3.05) is 30.3 Å². The molecule has 1 aliphatic rings. The molecule has 1 aliphatic heterocycles. The van der Waals surface area contributed by atoms with Crippen LogP contribution >= 0.6 is 11.8 Å². The van der Waals surface area contributed by atoms with Crippen LogP contribution in [-0.4, -0.2) is 47.0 Å². The van der Waals surface area contributed by atoms with Crippen LogP contribution in [-0.2, 0) is 16.0 Å². The molecule has 0 bridgehead atoms. The van der Waals surface area contributed by atoms with Crippen LogP contribution in [0.25, 0.3) is 5.69 Å². The third-order valence-electron chi connectivity index (χ3n) is 5.65. The molecule has 0 saturated carbocycles. The standard InChI is InChI=1S/C26H30N4O3S/c1-3-33-22-13-11-20(12-14-22)15-16-27-23(31)10-7-17-29-24(32)18-34-26-25(29)19(2)28-30(26)21-8-5-4-6-9-21/h4-6,8-9,11-14H,3,7,10,15-18H2,1-2H3,(H,27,31). The number of fused-ring (bicyclic) bond motifs is 1. The minimum absolute atomic E-state index is 0.00157. The first-order chi connectivity index (χ1) is 16.6. The molecule has 1 aromatic heterocycles. The average molecular weight is 479 g/mol. The summed E-state index contributed by atoms with van der Waals surface area (Å²) >= 11 is 1.52. The monoisotopic (exact) mass is 478 g/mol. The number of benzene rings is 2. The van der Waals surface area contributed by atoms with E-state index in [1.54, 1.807) is 4.90 Å². The van der Waals surface area contributed by atoms with Gasteiger partial charge in [-0.1, -0.05) is 42.1 Å². The van der Waals surface area contributed by atoms with Crippen molar-refractivity contribution in [3.05, 3.63) is 65.9 Å². The lowest BCUT2D eigenvalue weighted by Crippen LogP contribution is -2.37. The van der Waals surface area contributed by atoms with Crippen molar-refractivity contribution in [3.63, 3.8) is 0 Å². The molecule has 8 heteroatoms. The highest BCUT2D eigenvalue weighted by Gasteiger charge is 2.31. The Kier molecular flexibility index (Phi) is 7.90. The fourth-order valence-corrected chi connectivity index (χ4v) is 5.08. The minimum Gasteiger partial charge on any atom is -0.494 e. The van der Waals surface area contributed by atoms with Crippen molar-refractivity contribution < 1.29 is 14.3 Å². The molecule has 0 unspecified atom stereocenters. The van der Waals surface area contributed by atoms with Crippen molar-refractivity contribution in [2.24, 2.45) is 0 Å². The lowest BCUT2D eigenvalue weighted by molar-refractivity contribution is -0.121. The summed E-state index contributed by atoms with van der Waals surface area (Å²) in [5.74, 6) is 1.29. The molecule has 0 aliphatic carbocycles. The number of rotatable bonds is 10. The molecule has 7 nitrogen and oxygen atoms in total. The van der Waals surface area contributed by atoms with Crippen molar-refractivity contribution in [1.82, 2.24) is 15.1 Å². The van der Waals surface area contributed by atoms with Gasteiger partial charge in [-0.15, -0.1) is 0 Å². The fourth-order valence-electron chi connectivity index (χ4n) is 4.00. The summed E-state index contributed by atoms with van der Waals surface area (Å²) in [4.78, 5) is 26.8. The van der Waals surface area contributed by atoms with Gasteiger partial charge in [0.25, 0.3) is 0 Å². The molecular formula is C26H30N4O3S. The van der Waals surface area contributed by atoms with E-state index in [4.69, 9.17) is 9.84 Å². The number of amides is 2. The van der Waals surface area contributed by atoms with Crippen LogP contribution in [0.2, 0.25) is 0 Å². The number of aromatic nitrogens is 2. The number of hydrogen-bond donors (Lipinski definition) is 1. The van der Waals surface area contributed by atoms with Gasteiger partial charge in [0.2, 0.25) is 11.8 Å². The van der Waals surface area contributed by atoms with Crippen LogP contribution in [0.3, 0.4) is 0 Å². The zero-order valence-electron chi connectivity index (χ0n) is 19.6. The molecule has 0 radical (unpaired) electrons. The number of anilines is 1. The number of aryl methyl sites for hydroxylation is 1. The molecule has 2 amide bonds. The topological polar surface area (TPSA) is 76.5 Å². The van der Waals surface area contributed by atoms with Crippen LogP contribution in [0.5, 0.6) is 5.75 Å². The Hall–Kier alpha value is -3.26. The number of nitrogens with zero attached hydrogens (tertiary/aromatic N) is 3. The largest absolute Gasteiger partial charge is 0.494 e.